The van der Waals surface area contributed by atoms with Crippen LogP contribution in [0, 0.1) is 0 Å². The number of allylic oxidation sites excluding steroid dienone is 4. The molecule has 7 aliphatic rings. The minimum Gasteiger partial charge on any atom is -0.394 e. The minimum absolute atomic E-state index is 0.153. The van der Waals surface area contributed by atoms with Gasteiger partial charge in [-0.3, -0.25) is 4.79 Å². The number of carbonyl (C=O) groups is 1. The first-order valence-corrected chi connectivity index (χ1v) is 18.7. The Labute approximate surface area is 305 Å². The summed E-state index contributed by atoms with van der Waals surface area (Å²) in [5.74, 6) is -0.284. The lowest BCUT2D eigenvalue weighted by Gasteiger charge is -2.47. The van der Waals surface area contributed by atoms with Gasteiger partial charge in [0.25, 0.3) is 0 Å². The summed E-state index contributed by atoms with van der Waals surface area (Å²) >= 11 is 0. The quantitative estimate of drug-likeness (QED) is 0.115. The lowest BCUT2D eigenvalue weighted by molar-refractivity contribution is -0.438. The fraction of sp³-hybridized carbons (Fsp3) is 0.600. The molecule has 0 aromatic heterocycles. The van der Waals surface area contributed by atoms with Crippen LogP contribution in [0.4, 0.5) is 5.69 Å². The summed E-state index contributed by atoms with van der Waals surface area (Å²) in [5.41, 5.74) is 3.55. The second-order valence-corrected chi connectivity index (χ2v) is 14.8. The monoisotopic (exact) mass is 723 g/mol. The van der Waals surface area contributed by atoms with Crippen LogP contribution in [0.25, 0.3) is 10.8 Å². The fourth-order valence-corrected chi connectivity index (χ4v) is 8.32. The highest BCUT2D eigenvalue weighted by molar-refractivity contribution is 6.07. The van der Waals surface area contributed by atoms with E-state index in [9.17, 15) is 30.3 Å². The maximum Gasteiger partial charge on any atom is 0.220 e. The lowest BCUT2D eigenvalue weighted by Crippen LogP contribution is -2.67. The summed E-state index contributed by atoms with van der Waals surface area (Å²) in [6, 6.07) is 11.9. The molecule has 2 aromatic carbocycles. The van der Waals surface area contributed by atoms with Crippen molar-refractivity contribution < 1.29 is 53.9 Å². The molecule has 12 nitrogen and oxygen atoms in total. The molecule has 1 unspecified atom stereocenters. The number of fused-ring (bicyclic) bond motifs is 3. The van der Waals surface area contributed by atoms with Crippen molar-refractivity contribution in [3.05, 3.63) is 66.3 Å². The van der Waals surface area contributed by atoms with Crippen molar-refractivity contribution in [2.75, 3.05) is 26.4 Å². The lowest BCUT2D eigenvalue weighted by atomic mass is 9.79. The summed E-state index contributed by atoms with van der Waals surface area (Å²) in [6.07, 6.45) is 1.17. The largest absolute Gasteiger partial charge is 0.394 e. The summed E-state index contributed by atoms with van der Waals surface area (Å²) < 4.78 is 26.2. The van der Waals surface area contributed by atoms with Gasteiger partial charge in [0.05, 0.1) is 30.8 Å². The third kappa shape index (κ3) is 7.77. The van der Waals surface area contributed by atoms with Crippen LogP contribution in [0.5, 0.6) is 0 Å². The van der Waals surface area contributed by atoms with Gasteiger partial charge in [0.15, 0.2) is 12.0 Å². The van der Waals surface area contributed by atoms with E-state index in [0.29, 0.717) is 19.3 Å². The number of hydrogen-bond donors (Lipinski definition) is 6. The van der Waals surface area contributed by atoms with E-state index in [1.165, 1.54) is 27.7 Å². The molecule has 10 atom stereocenters. The number of nitrogens with zero attached hydrogens (tertiary/aromatic N) is 1. The predicted molar refractivity (Wildman–Crippen MR) is 194 cm³/mol. The number of hydrogen-bond acceptors (Lipinski definition) is 10. The molecule has 6 saturated heterocycles. The summed E-state index contributed by atoms with van der Waals surface area (Å²) in [4.78, 5) is 13.4. The van der Waals surface area contributed by atoms with E-state index in [1.54, 1.807) is 0 Å². The molecule has 7 heterocycles. The number of amides is 1. The summed E-state index contributed by atoms with van der Waals surface area (Å²) in [7, 11) is 0. The van der Waals surface area contributed by atoms with E-state index >= 15 is 0 Å². The van der Waals surface area contributed by atoms with E-state index < -0.39 is 74.4 Å². The van der Waals surface area contributed by atoms with Gasteiger partial charge < -0.3 is 49.8 Å². The van der Waals surface area contributed by atoms with Gasteiger partial charge >= 0.3 is 0 Å². The van der Waals surface area contributed by atoms with Crippen LogP contribution in [-0.2, 0) is 29.2 Å². The van der Waals surface area contributed by atoms with Crippen LogP contribution in [0.2, 0.25) is 0 Å². The van der Waals surface area contributed by atoms with Crippen molar-refractivity contribution in [2.24, 2.45) is 0 Å². The Morgan fingerprint density at radius 3 is 2.46 bits per heavy atom. The van der Waals surface area contributed by atoms with Gasteiger partial charge in [-0.2, -0.15) is 4.58 Å². The zero-order chi connectivity index (χ0) is 37.0. The highest BCUT2D eigenvalue weighted by Crippen LogP contribution is 2.44. The van der Waals surface area contributed by atoms with E-state index in [0.717, 1.165) is 19.4 Å². The van der Waals surface area contributed by atoms with Gasteiger partial charge in [-0.05, 0) is 63.3 Å². The van der Waals surface area contributed by atoms with Crippen LogP contribution in [0.1, 0.15) is 64.9 Å². The molecule has 9 rings (SSSR count). The summed E-state index contributed by atoms with van der Waals surface area (Å²) in [5, 5.41) is 58.6. The van der Waals surface area contributed by atoms with Crippen LogP contribution in [0.15, 0.2) is 60.7 Å². The van der Waals surface area contributed by atoms with Gasteiger partial charge in [0, 0.05) is 37.2 Å². The van der Waals surface area contributed by atoms with Crippen molar-refractivity contribution >= 4 is 28.1 Å². The van der Waals surface area contributed by atoms with E-state index in [-0.39, 0.29) is 24.3 Å². The molecule has 7 aliphatic heterocycles. The molecule has 1 amide bonds. The fourth-order valence-electron chi connectivity index (χ4n) is 8.32. The Morgan fingerprint density at radius 1 is 0.923 bits per heavy atom. The highest BCUT2D eigenvalue weighted by atomic mass is 16.7. The van der Waals surface area contributed by atoms with Crippen LogP contribution >= 0.6 is 0 Å². The van der Waals surface area contributed by atoms with E-state index in [2.05, 4.69) is 72.3 Å². The third-order valence-electron chi connectivity index (χ3n) is 11.0. The molecule has 4 bridgehead atoms. The molecule has 6 fully saturated rings. The standard InChI is InChI=1S/C40H54N2O10/c1-4-5-7-16-30-40(2,3)32-25-14-10-9-13-24(25)18-19-26(32)42(30)20-11-6-8-17-31(45)41-33-35(47)39-51-28(22-43)37(33)49-21-12-15-27-34(46)36(48)38(52-39)29(23-44)50-27/h4-5,7,9-10,13-14,16,18-19,27-29,33-39,43-44,46-48H,6,8,11-12,15,17,20-23H2,1-3H3/p+1/b5-4+,16-7+/t27-,28-,29-,33+,34+,35+,36-,37-,38?,39-/m1/s1. The van der Waals surface area contributed by atoms with Gasteiger partial charge in [-0.25, -0.2) is 0 Å². The molecular formula is C40H55N2O10+. The highest BCUT2D eigenvalue weighted by Gasteiger charge is 2.52. The number of nitrogens with one attached hydrogen (secondary N) is 1. The Morgan fingerprint density at radius 2 is 1.69 bits per heavy atom. The molecule has 6 N–H and O–H groups in total. The number of rotatable bonds is 11. The first-order chi connectivity index (χ1) is 25.1. The van der Waals surface area contributed by atoms with Crippen LogP contribution in [0.3, 0.4) is 0 Å². The number of ether oxygens (including phenoxy) is 4. The molecule has 0 saturated carbocycles. The molecule has 12 heteroatoms. The van der Waals surface area contributed by atoms with Crippen LogP contribution < -0.4 is 5.32 Å². The second-order valence-electron chi connectivity index (χ2n) is 14.8. The first kappa shape index (κ1) is 38.7. The van der Waals surface area contributed by atoms with E-state index in [1.807, 2.05) is 19.1 Å². The SMILES string of the molecule is C/C=C/C=C/C1=[N+](CCCCCC(=O)N[C@H]2[C@H](O)[C@H]3OC4[C@@H](CO)O[C@H](CCCO[C@@H]2[C@@H](CO)O3)[C@H](O)[C@H]4O)c2ccc3ccccc3c2C1(C)C. The Balaban J connectivity index is 1.12. The molecule has 284 valence electrons. The maximum atomic E-state index is 13.4. The molecule has 52 heavy (non-hydrogen) atoms. The molecular weight excluding hydrogens is 668 g/mol. The Bertz CT molecular complexity index is 1640. The number of aliphatic hydroxyl groups is 5. The third-order valence-corrected chi connectivity index (χ3v) is 11.0. The zero-order valence-corrected chi connectivity index (χ0v) is 30.3. The van der Waals surface area contributed by atoms with Gasteiger partial charge in [-0.1, -0.05) is 42.5 Å². The Hall–Kier alpha value is -3.04. The van der Waals surface area contributed by atoms with Crippen LogP contribution in [-0.4, -0.2) is 129 Å². The maximum absolute atomic E-state index is 13.4. The van der Waals surface area contributed by atoms with Crippen molar-refractivity contribution in [3.63, 3.8) is 0 Å². The van der Waals surface area contributed by atoms with Crippen molar-refractivity contribution in [1.82, 2.24) is 5.32 Å². The van der Waals surface area contributed by atoms with Gasteiger partial charge in [0.2, 0.25) is 11.6 Å². The molecule has 2 aromatic rings. The number of aliphatic hydroxyl groups excluding tert-OH is 5. The minimum atomic E-state index is -1.45. The normalized spacial score (nSPS) is 33.4. The molecule has 0 spiro atoms. The smallest absolute Gasteiger partial charge is 0.220 e. The van der Waals surface area contributed by atoms with Gasteiger partial charge in [-0.15, -0.1) is 0 Å². The van der Waals surface area contributed by atoms with Gasteiger partial charge in [0.1, 0.15) is 49.3 Å². The number of benzene rings is 2. The number of carbonyl (C=O) groups excluding carboxylic acids is 1. The molecule has 0 aliphatic carbocycles. The van der Waals surface area contributed by atoms with Crippen molar-refractivity contribution in [3.8, 4) is 0 Å². The first-order valence-electron chi connectivity index (χ1n) is 18.7. The average molecular weight is 724 g/mol. The number of unbranched alkanes of at least 4 members (excludes halogenated alkanes) is 2. The van der Waals surface area contributed by atoms with E-state index in [4.69, 9.17) is 18.9 Å². The topological polar surface area (TPSA) is 170 Å². The predicted octanol–water partition coefficient (Wildman–Crippen LogP) is 2.52. The van der Waals surface area contributed by atoms with Crippen molar-refractivity contribution in [1.29, 1.82) is 0 Å². The zero-order valence-electron chi connectivity index (χ0n) is 30.3. The molecule has 0 radical (unpaired) electrons. The Kier molecular flexibility index (Phi) is 12.6. The summed E-state index contributed by atoms with van der Waals surface area (Å²) in [6.45, 7) is 6.53. The average Bonchev–Trinajstić information content (AvgIpc) is 3.37. The van der Waals surface area contributed by atoms with Crippen molar-refractivity contribution in [2.45, 2.75) is 126 Å². The second kappa shape index (κ2) is 17.0.